The van der Waals surface area contributed by atoms with Gasteiger partial charge in [-0.15, -0.1) is 0 Å². The van der Waals surface area contributed by atoms with Crippen LogP contribution in [0.3, 0.4) is 0 Å². The summed E-state index contributed by atoms with van der Waals surface area (Å²) in [6, 6.07) is 2.79. The number of alkyl carbamates (subject to hydrolysis) is 1. The summed E-state index contributed by atoms with van der Waals surface area (Å²) in [7, 11) is 1.22. The van der Waals surface area contributed by atoms with E-state index >= 15 is 0 Å². The van der Waals surface area contributed by atoms with Gasteiger partial charge in [0.15, 0.2) is 0 Å². The predicted octanol–water partition coefficient (Wildman–Crippen LogP) is 2.99. The number of ether oxygens (including phenoxy) is 2. The zero-order valence-electron chi connectivity index (χ0n) is 13.9. The maximum atomic E-state index is 13.9. The van der Waals surface area contributed by atoms with Crippen molar-refractivity contribution < 1.29 is 23.5 Å². The molecule has 0 spiro atoms. The van der Waals surface area contributed by atoms with Crippen LogP contribution in [0.5, 0.6) is 0 Å². The van der Waals surface area contributed by atoms with E-state index in [1.807, 2.05) is 0 Å². The van der Waals surface area contributed by atoms with Crippen molar-refractivity contribution in [2.75, 3.05) is 7.11 Å². The highest BCUT2D eigenvalue weighted by atomic mass is 19.1. The van der Waals surface area contributed by atoms with Gasteiger partial charge in [0.05, 0.1) is 12.7 Å². The highest BCUT2D eigenvalue weighted by molar-refractivity contribution is 5.90. The molecule has 1 N–H and O–H groups in total. The van der Waals surface area contributed by atoms with Gasteiger partial charge in [-0.3, -0.25) is 0 Å². The van der Waals surface area contributed by atoms with E-state index in [2.05, 4.69) is 10.1 Å². The average molecular weight is 323 g/mol. The number of hydrogen-bond donors (Lipinski definition) is 1. The zero-order chi connectivity index (χ0) is 17.2. The molecule has 0 saturated heterocycles. The largest absolute Gasteiger partial charge is 0.465 e. The van der Waals surface area contributed by atoms with E-state index in [1.54, 1.807) is 20.8 Å². The van der Waals surface area contributed by atoms with Crippen LogP contribution >= 0.6 is 0 Å². The lowest BCUT2D eigenvalue weighted by atomic mass is 9.87. The van der Waals surface area contributed by atoms with Crippen molar-refractivity contribution in [3.63, 3.8) is 0 Å². The molecule has 1 atom stereocenters. The van der Waals surface area contributed by atoms with E-state index in [1.165, 1.54) is 19.2 Å². The number of esters is 1. The molecule has 0 aromatic heterocycles. The molecule has 1 aromatic rings. The standard InChI is InChI=1S/C17H22FNO4/c1-17(2,3)23-16(21)19-12-6-5-10-9-14(18)13(15(20)22-4)8-11(10)7-12/h8-9,12H,5-7H2,1-4H3,(H,19,21). The fraction of sp³-hybridized carbons (Fsp3) is 0.529. The first-order valence-electron chi connectivity index (χ1n) is 7.58. The average Bonchev–Trinajstić information content (AvgIpc) is 2.44. The van der Waals surface area contributed by atoms with Crippen LogP contribution < -0.4 is 5.32 Å². The lowest BCUT2D eigenvalue weighted by molar-refractivity contribution is 0.0498. The van der Waals surface area contributed by atoms with Crippen molar-refractivity contribution >= 4 is 12.1 Å². The number of methoxy groups -OCH3 is 1. The minimum atomic E-state index is -0.701. The minimum absolute atomic E-state index is 0.0795. The van der Waals surface area contributed by atoms with Crippen LogP contribution in [0, 0.1) is 5.82 Å². The van der Waals surface area contributed by atoms with Crippen LogP contribution in [-0.2, 0) is 22.3 Å². The zero-order valence-corrected chi connectivity index (χ0v) is 13.9. The Kier molecular flexibility index (Phi) is 4.92. The van der Waals surface area contributed by atoms with Gasteiger partial charge < -0.3 is 14.8 Å². The third kappa shape index (κ3) is 4.43. The number of hydrogen-bond acceptors (Lipinski definition) is 4. The second-order valence-corrected chi connectivity index (χ2v) is 6.68. The smallest absolute Gasteiger partial charge is 0.407 e. The molecule has 1 aromatic carbocycles. The third-order valence-corrected chi connectivity index (χ3v) is 3.64. The number of aryl methyl sites for hydroxylation is 1. The normalized spacial score (nSPS) is 17.2. The first kappa shape index (κ1) is 17.2. The maximum absolute atomic E-state index is 13.9. The quantitative estimate of drug-likeness (QED) is 0.850. The Bertz CT molecular complexity index is 622. The monoisotopic (exact) mass is 323 g/mol. The van der Waals surface area contributed by atoms with E-state index in [0.717, 1.165) is 11.1 Å². The van der Waals surface area contributed by atoms with Crippen molar-refractivity contribution in [1.29, 1.82) is 0 Å². The molecule has 0 saturated carbocycles. The van der Waals surface area contributed by atoms with Crippen molar-refractivity contribution in [1.82, 2.24) is 5.32 Å². The Balaban J connectivity index is 2.11. The molecule has 6 heteroatoms. The Labute approximate surface area is 135 Å². The number of rotatable bonds is 2. The van der Waals surface area contributed by atoms with E-state index in [0.29, 0.717) is 19.3 Å². The summed E-state index contributed by atoms with van der Waals surface area (Å²) in [5, 5.41) is 2.82. The molecule has 1 unspecified atom stereocenters. The van der Waals surface area contributed by atoms with Gasteiger partial charge in [0.1, 0.15) is 11.4 Å². The number of carbonyl (C=O) groups excluding carboxylic acids is 2. The second kappa shape index (κ2) is 6.56. The summed E-state index contributed by atoms with van der Waals surface area (Å²) in [5.74, 6) is -1.28. The molecule has 0 bridgehead atoms. The topological polar surface area (TPSA) is 64.6 Å². The maximum Gasteiger partial charge on any atom is 0.407 e. The minimum Gasteiger partial charge on any atom is -0.465 e. The molecule has 0 aliphatic heterocycles. The van der Waals surface area contributed by atoms with Gasteiger partial charge >= 0.3 is 12.1 Å². The molecule has 0 heterocycles. The van der Waals surface area contributed by atoms with Gasteiger partial charge in [0, 0.05) is 6.04 Å². The summed E-state index contributed by atoms with van der Waals surface area (Å²) in [6.07, 6.45) is 1.39. The van der Waals surface area contributed by atoms with Crippen LogP contribution in [0.15, 0.2) is 12.1 Å². The van der Waals surface area contributed by atoms with Crippen LogP contribution in [0.1, 0.15) is 48.7 Å². The number of nitrogens with one attached hydrogen (secondary N) is 1. The molecule has 1 aliphatic carbocycles. The summed E-state index contributed by atoms with van der Waals surface area (Å²) >= 11 is 0. The molecule has 5 nitrogen and oxygen atoms in total. The molecule has 23 heavy (non-hydrogen) atoms. The Morgan fingerprint density at radius 2 is 1.96 bits per heavy atom. The van der Waals surface area contributed by atoms with Gasteiger partial charge in [-0.1, -0.05) is 0 Å². The van der Waals surface area contributed by atoms with E-state index in [-0.39, 0.29) is 11.6 Å². The van der Waals surface area contributed by atoms with Crippen LogP contribution in [0.25, 0.3) is 0 Å². The van der Waals surface area contributed by atoms with Crippen molar-refractivity contribution in [2.45, 2.75) is 51.7 Å². The van der Waals surface area contributed by atoms with Crippen LogP contribution in [0.4, 0.5) is 9.18 Å². The van der Waals surface area contributed by atoms with Crippen molar-refractivity contribution in [2.24, 2.45) is 0 Å². The van der Waals surface area contributed by atoms with Gasteiger partial charge in [-0.2, -0.15) is 0 Å². The second-order valence-electron chi connectivity index (χ2n) is 6.68. The number of amides is 1. The SMILES string of the molecule is COC(=O)c1cc2c(cc1F)CCC(NC(=O)OC(C)(C)C)C2. The summed E-state index contributed by atoms with van der Waals surface area (Å²) in [6.45, 7) is 5.40. The molecule has 1 aliphatic rings. The molecular weight excluding hydrogens is 301 g/mol. The van der Waals surface area contributed by atoms with E-state index in [4.69, 9.17) is 4.74 Å². The number of halogens is 1. The Morgan fingerprint density at radius 3 is 2.57 bits per heavy atom. The fourth-order valence-corrected chi connectivity index (χ4v) is 2.64. The van der Waals surface area contributed by atoms with E-state index in [9.17, 15) is 14.0 Å². The van der Waals surface area contributed by atoms with Gasteiger partial charge in [-0.25, -0.2) is 14.0 Å². The predicted molar refractivity (Wildman–Crippen MR) is 82.9 cm³/mol. The molecule has 126 valence electrons. The van der Waals surface area contributed by atoms with Gasteiger partial charge in [-0.05, 0) is 63.3 Å². The van der Waals surface area contributed by atoms with Gasteiger partial charge in [0.2, 0.25) is 0 Å². The molecule has 2 rings (SSSR count). The Hall–Kier alpha value is -2.11. The highest BCUT2D eigenvalue weighted by Crippen LogP contribution is 2.25. The summed E-state index contributed by atoms with van der Waals surface area (Å²) in [5.41, 5.74) is 1.07. The lowest BCUT2D eigenvalue weighted by Gasteiger charge is -2.27. The molecular formula is C17H22FNO4. The number of carbonyl (C=O) groups is 2. The highest BCUT2D eigenvalue weighted by Gasteiger charge is 2.25. The number of benzene rings is 1. The molecule has 0 radical (unpaired) electrons. The first-order chi connectivity index (χ1) is 10.7. The van der Waals surface area contributed by atoms with Crippen molar-refractivity contribution in [3.05, 3.63) is 34.6 Å². The first-order valence-corrected chi connectivity index (χ1v) is 7.58. The van der Waals surface area contributed by atoms with Gasteiger partial charge in [0.25, 0.3) is 0 Å². The van der Waals surface area contributed by atoms with Crippen molar-refractivity contribution in [3.8, 4) is 0 Å². The van der Waals surface area contributed by atoms with E-state index < -0.39 is 23.5 Å². The third-order valence-electron chi connectivity index (χ3n) is 3.64. The Morgan fingerprint density at radius 1 is 1.26 bits per heavy atom. The number of fused-ring (bicyclic) bond motifs is 1. The van der Waals surface area contributed by atoms with Crippen LogP contribution in [-0.4, -0.2) is 30.8 Å². The lowest BCUT2D eigenvalue weighted by Crippen LogP contribution is -2.42. The molecule has 1 amide bonds. The summed E-state index contributed by atoms with van der Waals surface area (Å²) < 4.78 is 23.7. The van der Waals surface area contributed by atoms with Crippen LogP contribution in [0.2, 0.25) is 0 Å². The molecule has 0 fully saturated rings. The fourth-order valence-electron chi connectivity index (χ4n) is 2.64. The summed E-state index contributed by atoms with van der Waals surface area (Å²) in [4.78, 5) is 23.4.